The quantitative estimate of drug-likeness (QED) is 0.914. The molecule has 0 radical (unpaired) electrons. The molecule has 0 saturated heterocycles. The molecule has 0 saturated carbocycles. The smallest absolute Gasteiger partial charge is 0.255 e. The summed E-state index contributed by atoms with van der Waals surface area (Å²) in [5.74, 6) is 0.0154. The summed E-state index contributed by atoms with van der Waals surface area (Å²) in [5.41, 5.74) is 6.03. The van der Waals surface area contributed by atoms with E-state index >= 15 is 0 Å². The van der Waals surface area contributed by atoms with Gasteiger partial charge in [-0.3, -0.25) is 4.79 Å². The molecule has 0 aliphatic rings. The van der Waals surface area contributed by atoms with E-state index in [4.69, 9.17) is 5.73 Å². The van der Waals surface area contributed by atoms with E-state index in [9.17, 15) is 4.79 Å². The monoisotopic (exact) mass is 311 g/mol. The molecule has 0 aromatic carbocycles. The van der Waals surface area contributed by atoms with Gasteiger partial charge in [-0.1, -0.05) is 6.07 Å². The molecule has 0 fully saturated rings. The molecule has 1 amide bonds. The highest BCUT2D eigenvalue weighted by Crippen LogP contribution is 2.15. The van der Waals surface area contributed by atoms with Gasteiger partial charge in [-0.25, -0.2) is 4.98 Å². The lowest BCUT2D eigenvalue weighted by molar-refractivity contribution is 0.0952. The first kappa shape index (κ1) is 12.1. The standard InChI is InChI=1S/C11H10BrN3OS/c12-7-4-9(10(13)14-5-7)11(16)15-6-8-2-1-3-17-8/h1-5H,6H2,(H2,13,14)(H,15,16). The number of nitrogens with zero attached hydrogens (tertiary/aromatic N) is 1. The number of nitrogens with two attached hydrogens (primary N) is 1. The van der Waals surface area contributed by atoms with Crippen LogP contribution in [0.4, 0.5) is 5.82 Å². The number of amides is 1. The van der Waals surface area contributed by atoms with Crippen LogP contribution in [-0.4, -0.2) is 10.9 Å². The lowest BCUT2D eigenvalue weighted by Gasteiger charge is -2.06. The summed E-state index contributed by atoms with van der Waals surface area (Å²) in [5, 5.41) is 4.77. The average molecular weight is 312 g/mol. The topological polar surface area (TPSA) is 68.0 Å². The van der Waals surface area contributed by atoms with Gasteiger partial charge in [-0.05, 0) is 33.4 Å². The molecule has 0 spiro atoms. The Kier molecular flexibility index (Phi) is 3.75. The van der Waals surface area contributed by atoms with E-state index in [1.54, 1.807) is 23.6 Å². The third kappa shape index (κ3) is 3.04. The first-order valence-electron chi connectivity index (χ1n) is 4.88. The Morgan fingerprint density at radius 3 is 3.12 bits per heavy atom. The normalized spacial score (nSPS) is 10.2. The second-order valence-electron chi connectivity index (χ2n) is 3.35. The van der Waals surface area contributed by atoms with E-state index in [0.29, 0.717) is 12.1 Å². The summed E-state index contributed by atoms with van der Waals surface area (Å²) >= 11 is 4.86. The minimum Gasteiger partial charge on any atom is -0.383 e. The Morgan fingerprint density at radius 1 is 1.59 bits per heavy atom. The molecule has 2 aromatic rings. The first-order chi connectivity index (χ1) is 8.16. The van der Waals surface area contributed by atoms with E-state index < -0.39 is 0 Å². The molecule has 4 nitrogen and oxygen atoms in total. The predicted octanol–water partition coefficient (Wildman–Crippen LogP) is 2.42. The lowest BCUT2D eigenvalue weighted by Crippen LogP contribution is -2.23. The van der Waals surface area contributed by atoms with Gasteiger partial charge < -0.3 is 11.1 Å². The SMILES string of the molecule is Nc1ncc(Br)cc1C(=O)NCc1cccs1. The Bertz CT molecular complexity index is 528. The van der Waals surface area contributed by atoms with Crippen molar-refractivity contribution in [3.05, 3.63) is 44.7 Å². The average Bonchev–Trinajstić information content (AvgIpc) is 2.82. The Morgan fingerprint density at radius 2 is 2.41 bits per heavy atom. The van der Waals surface area contributed by atoms with E-state index in [0.717, 1.165) is 9.35 Å². The zero-order valence-corrected chi connectivity index (χ0v) is 11.2. The third-order valence-corrected chi connectivity index (χ3v) is 3.44. The van der Waals surface area contributed by atoms with Gasteiger partial charge in [-0.2, -0.15) is 0 Å². The van der Waals surface area contributed by atoms with Crippen molar-refractivity contribution in [1.29, 1.82) is 0 Å². The molecular weight excluding hydrogens is 302 g/mol. The summed E-state index contributed by atoms with van der Waals surface area (Å²) in [4.78, 5) is 16.9. The molecule has 88 valence electrons. The van der Waals surface area contributed by atoms with Gasteiger partial charge in [0.25, 0.3) is 5.91 Å². The van der Waals surface area contributed by atoms with Crippen molar-refractivity contribution >= 4 is 39.0 Å². The van der Waals surface area contributed by atoms with Crippen LogP contribution in [0.2, 0.25) is 0 Å². The number of nitrogen functional groups attached to an aromatic ring is 1. The van der Waals surface area contributed by atoms with Crippen LogP contribution < -0.4 is 11.1 Å². The molecular formula is C11H10BrN3OS. The summed E-state index contributed by atoms with van der Waals surface area (Å²) in [6.45, 7) is 0.502. The molecule has 6 heteroatoms. The van der Waals surface area contributed by atoms with Crippen LogP contribution >= 0.6 is 27.3 Å². The molecule has 3 N–H and O–H groups in total. The van der Waals surface area contributed by atoms with Crippen molar-refractivity contribution in [2.24, 2.45) is 0 Å². The molecule has 2 rings (SSSR count). The van der Waals surface area contributed by atoms with Gasteiger partial charge in [-0.15, -0.1) is 11.3 Å². The van der Waals surface area contributed by atoms with Gasteiger partial charge in [0.1, 0.15) is 5.82 Å². The summed E-state index contributed by atoms with van der Waals surface area (Å²) in [6, 6.07) is 5.57. The Balaban J connectivity index is 2.07. The Hall–Kier alpha value is -1.40. The van der Waals surface area contributed by atoms with Crippen molar-refractivity contribution in [3.63, 3.8) is 0 Å². The van der Waals surface area contributed by atoms with Crippen LogP contribution in [0.3, 0.4) is 0 Å². The van der Waals surface area contributed by atoms with Crippen molar-refractivity contribution < 1.29 is 4.79 Å². The zero-order chi connectivity index (χ0) is 12.3. The molecule has 0 aliphatic heterocycles. The summed E-state index contributed by atoms with van der Waals surface area (Å²) < 4.78 is 0.730. The highest BCUT2D eigenvalue weighted by Gasteiger charge is 2.11. The number of hydrogen-bond donors (Lipinski definition) is 2. The van der Waals surface area contributed by atoms with Gasteiger partial charge in [0, 0.05) is 15.5 Å². The third-order valence-electron chi connectivity index (χ3n) is 2.13. The second-order valence-corrected chi connectivity index (χ2v) is 5.30. The predicted molar refractivity (Wildman–Crippen MR) is 71.8 cm³/mol. The van der Waals surface area contributed by atoms with Gasteiger partial charge >= 0.3 is 0 Å². The number of aromatic nitrogens is 1. The fraction of sp³-hybridized carbons (Fsp3) is 0.0909. The second kappa shape index (κ2) is 5.29. The number of nitrogens with one attached hydrogen (secondary N) is 1. The van der Waals surface area contributed by atoms with Crippen LogP contribution in [0, 0.1) is 0 Å². The van der Waals surface area contributed by atoms with E-state index in [-0.39, 0.29) is 11.7 Å². The minimum atomic E-state index is -0.218. The van der Waals surface area contributed by atoms with Gasteiger partial charge in [0.15, 0.2) is 0 Å². The number of pyridine rings is 1. The van der Waals surface area contributed by atoms with Crippen LogP contribution in [-0.2, 0) is 6.54 Å². The maximum atomic E-state index is 11.9. The van der Waals surface area contributed by atoms with Crippen molar-refractivity contribution in [2.45, 2.75) is 6.54 Å². The molecule has 2 aromatic heterocycles. The van der Waals surface area contributed by atoms with Crippen LogP contribution in [0.15, 0.2) is 34.2 Å². The van der Waals surface area contributed by atoms with E-state index in [1.165, 1.54) is 0 Å². The zero-order valence-electron chi connectivity index (χ0n) is 8.81. The number of rotatable bonds is 3. The summed E-state index contributed by atoms with van der Waals surface area (Å²) in [7, 11) is 0. The highest BCUT2D eigenvalue weighted by molar-refractivity contribution is 9.10. The highest BCUT2D eigenvalue weighted by atomic mass is 79.9. The van der Waals surface area contributed by atoms with Crippen molar-refractivity contribution in [2.75, 3.05) is 5.73 Å². The number of anilines is 1. The number of carbonyl (C=O) groups is 1. The molecule has 17 heavy (non-hydrogen) atoms. The van der Waals surface area contributed by atoms with Crippen molar-refractivity contribution in [1.82, 2.24) is 10.3 Å². The van der Waals surface area contributed by atoms with Crippen LogP contribution in [0.5, 0.6) is 0 Å². The van der Waals surface area contributed by atoms with Gasteiger partial charge in [0.05, 0.1) is 12.1 Å². The number of hydrogen-bond acceptors (Lipinski definition) is 4. The Labute approximate surface area is 111 Å². The van der Waals surface area contributed by atoms with Gasteiger partial charge in [0.2, 0.25) is 0 Å². The molecule has 0 aliphatic carbocycles. The van der Waals surface area contributed by atoms with E-state index in [1.807, 2.05) is 17.5 Å². The minimum absolute atomic E-state index is 0.218. The molecule has 2 heterocycles. The van der Waals surface area contributed by atoms with Crippen molar-refractivity contribution in [3.8, 4) is 0 Å². The lowest BCUT2D eigenvalue weighted by atomic mass is 10.2. The number of thiophene rings is 1. The summed E-state index contributed by atoms with van der Waals surface area (Å²) in [6.07, 6.45) is 1.56. The molecule has 0 bridgehead atoms. The maximum absolute atomic E-state index is 11.9. The molecule has 0 unspecified atom stereocenters. The van der Waals surface area contributed by atoms with Crippen LogP contribution in [0.25, 0.3) is 0 Å². The van der Waals surface area contributed by atoms with Crippen LogP contribution in [0.1, 0.15) is 15.2 Å². The largest absolute Gasteiger partial charge is 0.383 e. The first-order valence-corrected chi connectivity index (χ1v) is 6.55. The fourth-order valence-electron chi connectivity index (χ4n) is 1.31. The maximum Gasteiger partial charge on any atom is 0.255 e. The number of carbonyl (C=O) groups excluding carboxylic acids is 1. The number of halogens is 1. The fourth-order valence-corrected chi connectivity index (χ4v) is 2.28. The van der Waals surface area contributed by atoms with E-state index in [2.05, 4.69) is 26.2 Å². The molecule has 0 atom stereocenters.